The first-order valence-electron chi connectivity index (χ1n) is 5.69. The van der Waals surface area contributed by atoms with E-state index in [1.165, 1.54) is 0 Å². The summed E-state index contributed by atoms with van der Waals surface area (Å²) in [4.78, 5) is 6.74. The fourth-order valence-electron chi connectivity index (χ4n) is 2.10. The molecule has 15 heavy (non-hydrogen) atoms. The SMILES string of the molecule is Cc1nccn1CCN1CCN[C@H](C)C1. The first-order valence-corrected chi connectivity index (χ1v) is 5.69. The number of nitrogens with zero attached hydrogens (tertiary/aromatic N) is 3. The van der Waals surface area contributed by atoms with Gasteiger partial charge in [-0.3, -0.25) is 4.90 Å². The molecule has 1 aromatic heterocycles. The van der Waals surface area contributed by atoms with Crippen molar-refractivity contribution in [3.63, 3.8) is 0 Å². The van der Waals surface area contributed by atoms with Crippen LogP contribution in [0, 0.1) is 6.92 Å². The van der Waals surface area contributed by atoms with Gasteiger partial charge in [0.2, 0.25) is 0 Å². The van der Waals surface area contributed by atoms with Gasteiger partial charge in [0, 0.05) is 51.2 Å². The van der Waals surface area contributed by atoms with Crippen LogP contribution >= 0.6 is 0 Å². The maximum atomic E-state index is 4.23. The minimum absolute atomic E-state index is 0.627. The molecule has 0 amide bonds. The summed E-state index contributed by atoms with van der Waals surface area (Å²) in [7, 11) is 0. The molecule has 0 spiro atoms. The van der Waals surface area contributed by atoms with Crippen molar-refractivity contribution in [2.45, 2.75) is 26.4 Å². The van der Waals surface area contributed by atoms with E-state index in [0.29, 0.717) is 6.04 Å². The molecule has 4 heteroatoms. The number of hydrogen-bond acceptors (Lipinski definition) is 3. The maximum Gasteiger partial charge on any atom is 0.105 e. The third kappa shape index (κ3) is 2.79. The van der Waals surface area contributed by atoms with Gasteiger partial charge < -0.3 is 9.88 Å². The number of rotatable bonds is 3. The van der Waals surface area contributed by atoms with E-state index in [0.717, 1.165) is 38.5 Å². The van der Waals surface area contributed by atoms with E-state index < -0.39 is 0 Å². The highest BCUT2D eigenvalue weighted by Crippen LogP contribution is 2.01. The van der Waals surface area contributed by atoms with Gasteiger partial charge in [0.25, 0.3) is 0 Å². The Hall–Kier alpha value is -0.870. The molecule has 2 heterocycles. The summed E-state index contributed by atoms with van der Waals surface area (Å²) in [6.45, 7) is 9.92. The molecule has 1 saturated heterocycles. The normalized spacial score (nSPS) is 23.2. The lowest BCUT2D eigenvalue weighted by Gasteiger charge is -2.31. The van der Waals surface area contributed by atoms with Crippen molar-refractivity contribution in [1.29, 1.82) is 0 Å². The maximum absolute atomic E-state index is 4.23. The summed E-state index contributed by atoms with van der Waals surface area (Å²) in [5.41, 5.74) is 0. The van der Waals surface area contributed by atoms with Gasteiger partial charge in [-0.25, -0.2) is 4.98 Å². The quantitative estimate of drug-likeness (QED) is 0.784. The molecule has 0 saturated carbocycles. The zero-order valence-corrected chi connectivity index (χ0v) is 9.61. The van der Waals surface area contributed by atoms with E-state index in [1.54, 1.807) is 0 Å². The lowest BCUT2D eigenvalue weighted by molar-refractivity contribution is 0.200. The van der Waals surface area contributed by atoms with Crippen LogP contribution < -0.4 is 5.32 Å². The Morgan fingerprint density at radius 2 is 2.40 bits per heavy atom. The largest absolute Gasteiger partial charge is 0.334 e. The van der Waals surface area contributed by atoms with Crippen molar-refractivity contribution in [3.8, 4) is 0 Å². The standard InChI is InChI=1S/C11H20N4/c1-10-9-14(5-3-12-10)7-8-15-6-4-13-11(15)2/h4,6,10,12H,3,5,7-9H2,1-2H3/t10-/m1/s1. The molecule has 4 nitrogen and oxygen atoms in total. The summed E-state index contributed by atoms with van der Waals surface area (Å²) in [6.07, 6.45) is 3.93. The number of imidazole rings is 1. The van der Waals surface area contributed by atoms with E-state index in [1.807, 2.05) is 6.20 Å². The summed E-state index contributed by atoms with van der Waals surface area (Å²) >= 11 is 0. The van der Waals surface area contributed by atoms with Gasteiger partial charge in [0.1, 0.15) is 5.82 Å². The Kier molecular flexibility index (Phi) is 3.38. The van der Waals surface area contributed by atoms with Gasteiger partial charge >= 0.3 is 0 Å². The highest BCUT2D eigenvalue weighted by Gasteiger charge is 2.14. The number of aryl methyl sites for hydroxylation is 1. The van der Waals surface area contributed by atoms with Crippen molar-refractivity contribution < 1.29 is 0 Å². The number of aromatic nitrogens is 2. The van der Waals surface area contributed by atoms with Crippen molar-refractivity contribution >= 4 is 0 Å². The van der Waals surface area contributed by atoms with Crippen LogP contribution in [0.2, 0.25) is 0 Å². The van der Waals surface area contributed by atoms with Crippen LogP contribution in [0.5, 0.6) is 0 Å². The van der Waals surface area contributed by atoms with Gasteiger partial charge in [-0.1, -0.05) is 0 Å². The topological polar surface area (TPSA) is 33.1 Å². The van der Waals surface area contributed by atoms with Crippen LogP contribution in [0.4, 0.5) is 0 Å². The molecule has 0 aliphatic carbocycles. The molecule has 84 valence electrons. The van der Waals surface area contributed by atoms with Crippen LogP contribution in [-0.4, -0.2) is 46.7 Å². The highest BCUT2D eigenvalue weighted by atomic mass is 15.2. The molecule has 1 atom stereocenters. The average molecular weight is 208 g/mol. The predicted molar refractivity (Wildman–Crippen MR) is 60.9 cm³/mol. The van der Waals surface area contributed by atoms with Gasteiger partial charge in [-0.15, -0.1) is 0 Å². The summed E-state index contributed by atoms with van der Waals surface area (Å²) in [5.74, 6) is 1.11. The lowest BCUT2D eigenvalue weighted by atomic mass is 10.2. The van der Waals surface area contributed by atoms with Gasteiger partial charge in [-0.2, -0.15) is 0 Å². The fraction of sp³-hybridized carbons (Fsp3) is 0.727. The van der Waals surface area contributed by atoms with Crippen LogP contribution in [0.25, 0.3) is 0 Å². The third-order valence-corrected chi connectivity index (χ3v) is 3.03. The average Bonchev–Trinajstić information content (AvgIpc) is 2.61. The molecule has 1 N–H and O–H groups in total. The van der Waals surface area contributed by atoms with Crippen LogP contribution in [0.15, 0.2) is 12.4 Å². The molecule has 0 radical (unpaired) electrons. The van der Waals surface area contributed by atoms with E-state index in [-0.39, 0.29) is 0 Å². The second-order valence-electron chi connectivity index (χ2n) is 4.32. The van der Waals surface area contributed by atoms with Gasteiger partial charge in [0.05, 0.1) is 0 Å². The molecule has 0 aromatic carbocycles. The van der Waals surface area contributed by atoms with Gasteiger partial charge in [-0.05, 0) is 13.8 Å². The van der Waals surface area contributed by atoms with Crippen molar-refractivity contribution in [1.82, 2.24) is 19.8 Å². The number of nitrogens with one attached hydrogen (secondary N) is 1. The molecule has 0 unspecified atom stereocenters. The lowest BCUT2D eigenvalue weighted by Crippen LogP contribution is -2.49. The molecular weight excluding hydrogens is 188 g/mol. The molecule has 1 aliphatic rings. The first-order chi connectivity index (χ1) is 7.25. The zero-order valence-electron chi connectivity index (χ0n) is 9.61. The molecule has 1 fully saturated rings. The molecule has 1 aromatic rings. The number of hydrogen-bond donors (Lipinski definition) is 1. The second-order valence-corrected chi connectivity index (χ2v) is 4.32. The monoisotopic (exact) mass is 208 g/mol. The van der Waals surface area contributed by atoms with E-state index >= 15 is 0 Å². The van der Waals surface area contributed by atoms with E-state index in [2.05, 4.69) is 39.8 Å². The van der Waals surface area contributed by atoms with Gasteiger partial charge in [0.15, 0.2) is 0 Å². The van der Waals surface area contributed by atoms with Crippen LogP contribution in [0.3, 0.4) is 0 Å². The Morgan fingerprint density at radius 1 is 1.53 bits per heavy atom. The second kappa shape index (κ2) is 4.77. The fourth-order valence-corrected chi connectivity index (χ4v) is 2.10. The van der Waals surface area contributed by atoms with Crippen molar-refractivity contribution in [2.24, 2.45) is 0 Å². The summed E-state index contributed by atoms with van der Waals surface area (Å²) < 4.78 is 2.21. The van der Waals surface area contributed by atoms with E-state index in [9.17, 15) is 0 Å². The molecule has 0 bridgehead atoms. The smallest absolute Gasteiger partial charge is 0.105 e. The predicted octanol–water partition coefficient (Wildman–Crippen LogP) is 0.485. The number of piperazine rings is 1. The zero-order chi connectivity index (χ0) is 10.7. The minimum Gasteiger partial charge on any atom is -0.334 e. The third-order valence-electron chi connectivity index (χ3n) is 3.03. The Morgan fingerprint density at radius 3 is 3.07 bits per heavy atom. The Labute approximate surface area is 91.3 Å². The highest BCUT2D eigenvalue weighted by molar-refractivity contribution is 4.88. The van der Waals surface area contributed by atoms with Crippen LogP contribution in [0.1, 0.15) is 12.7 Å². The van der Waals surface area contributed by atoms with E-state index in [4.69, 9.17) is 0 Å². The van der Waals surface area contributed by atoms with Crippen molar-refractivity contribution in [2.75, 3.05) is 26.2 Å². The van der Waals surface area contributed by atoms with Crippen molar-refractivity contribution in [3.05, 3.63) is 18.2 Å². The molecular formula is C11H20N4. The summed E-state index contributed by atoms with van der Waals surface area (Å²) in [6, 6.07) is 0.627. The minimum atomic E-state index is 0.627. The molecule has 1 aliphatic heterocycles. The Balaban J connectivity index is 1.80. The van der Waals surface area contributed by atoms with Crippen LogP contribution in [-0.2, 0) is 6.54 Å². The Bertz CT molecular complexity index is 307. The summed E-state index contributed by atoms with van der Waals surface area (Å²) in [5, 5.41) is 3.46. The molecule has 2 rings (SSSR count). The first kappa shape index (κ1) is 10.6.